The van der Waals surface area contributed by atoms with Crippen molar-refractivity contribution in [2.75, 3.05) is 11.5 Å². The first-order valence-electron chi connectivity index (χ1n) is 6.85. The Morgan fingerprint density at radius 2 is 1.58 bits per heavy atom. The molecule has 2 aromatic carbocycles. The monoisotopic (exact) mass is 254 g/mol. The van der Waals surface area contributed by atoms with Gasteiger partial charge in [-0.15, -0.1) is 0 Å². The Balaban J connectivity index is 2.59. The van der Waals surface area contributed by atoms with E-state index in [9.17, 15) is 0 Å². The van der Waals surface area contributed by atoms with Gasteiger partial charge in [0.2, 0.25) is 0 Å². The maximum Gasteiger partial charge on any atom is 0.0349 e. The van der Waals surface area contributed by atoms with Crippen LogP contribution in [0, 0.1) is 6.92 Å². The molecule has 0 saturated carbocycles. The van der Waals surface area contributed by atoms with Gasteiger partial charge in [-0.3, -0.25) is 0 Å². The molecule has 2 heteroatoms. The van der Waals surface area contributed by atoms with E-state index >= 15 is 0 Å². The predicted octanol–water partition coefficient (Wildman–Crippen LogP) is 3.95. The fourth-order valence-corrected chi connectivity index (χ4v) is 2.64. The quantitative estimate of drug-likeness (QED) is 0.815. The molecule has 0 fully saturated rings. The van der Waals surface area contributed by atoms with Crippen LogP contribution < -0.4 is 11.5 Å². The smallest absolute Gasteiger partial charge is 0.0349 e. The Hall–Kier alpha value is -1.96. The van der Waals surface area contributed by atoms with Gasteiger partial charge in [0.05, 0.1) is 0 Å². The summed E-state index contributed by atoms with van der Waals surface area (Å²) in [7, 11) is 0. The van der Waals surface area contributed by atoms with E-state index in [1.165, 1.54) is 27.8 Å². The highest BCUT2D eigenvalue weighted by Crippen LogP contribution is 2.31. The molecule has 0 aliphatic heterocycles. The maximum atomic E-state index is 6.04. The van der Waals surface area contributed by atoms with E-state index in [2.05, 4.69) is 39.0 Å². The molecular weight excluding hydrogens is 232 g/mol. The van der Waals surface area contributed by atoms with Gasteiger partial charge in [-0.25, -0.2) is 0 Å². The van der Waals surface area contributed by atoms with Crippen LogP contribution in [0.5, 0.6) is 0 Å². The Bertz CT molecular complexity index is 600. The highest BCUT2D eigenvalue weighted by atomic mass is 14.6. The lowest BCUT2D eigenvalue weighted by Gasteiger charge is -2.14. The highest BCUT2D eigenvalue weighted by molar-refractivity contribution is 5.74. The molecule has 0 aromatic heterocycles. The van der Waals surface area contributed by atoms with Crippen molar-refractivity contribution in [3.63, 3.8) is 0 Å². The molecule has 0 aliphatic rings. The molecule has 2 nitrogen and oxygen atoms in total. The van der Waals surface area contributed by atoms with Gasteiger partial charge in [0.25, 0.3) is 0 Å². The molecule has 0 unspecified atom stereocenters. The Morgan fingerprint density at radius 1 is 0.895 bits per heavy atom. The van der Waals surface area contributed by atoms with Crippen LogP contribution in [0.4, 0.5) is 11.4 Å². The second-order valence-corrected chi connectivity index (χ2v) is 4.93. The van der Waals surface area contributed by atoms with Gasteiger partial charge in [0.1, 0.15) is 0 Å². The summed E-state index contributed by atoms with van der Waals surface area (Å²) in [5.41, 5.74) is 20.0. The van der Waals surface area contributed by atoms with E-state index in [4.69, 9.17) is 11.5 Å². The van der Waals surface area contributed by atoms with Crippen molar-refractivity contribution in [2.45, 2.75) is 33.6 Å². The van der Waals surface area contributed by atoms with Crippen LogP contribution in [0.1, 0.15) is 30.5 Å². The summed E-state index contributed by atoms with van der Waals surface area (Å²) in [6, 6.07) is 10.4. The third kappa shape index (κ3) is 2.43. The van der Waals surface area contributed by atoms with Crippen LogP contribution in [0.2, 0.25) is 0 Å². The molecule has 100 valence electrons. The molecular formula is C17H22N2. The maximum absolute atomic E-state index is 6.04. The summed E-state index contributed by atoms with van der Waals surface area (Å²) >= 11 is 0. The van der Waals surface area contributed by atoms with Crippen molar-refractivity contribution in [1.29, 1.82) is 0 Å². The standard InChI is InChI=1S/C17H22N2/c1-4-12-10-13(6-8-16(12)18)15-7-9-17(19)14(5-2)11(15)3/h6-10H,4-5,18-19H2,1-3H3. The zero-order chi connectivity index (χ0) is 14.0. The normalized spacial score (nSPS) is 10.7. The van der Waals surface area contributed by atoms with E-state index < -0.39 is 0 Å². The van der Waals surface area contributed by atoms with Crippen molar-refractivity contribution >= 4 is 11.4 Å². The lowest BCUT2D eigenvalue weighted by Crippen LogP contribution is -1.99. The molecule has 19 heavy (non-hydrogen) atoms. The van der Waals surface area contributed by atoms with E-state index in [1.54, 1.807) is 0 Å². The number of rotatable bonds is 3. The van der Waals surface area contributed by atoms with Gasteiger partial charge in [-0.2, -0.15) is 0 Å². The SMILES string of the molecule is CCc1cc(-c2ccc(N)c(CC)c2C)ccc1N. The van der Waals surface area contributed by atoms with Gasteiger partial charge in [-0.1, -0.05) is 26.0 Å². The molecule has 4 N–H and O–H groups in total. The van der Waals surface area contributed by atoms with Crippen LogP contribution in [-0.2, 0) is 12.8 Å². The third-order valence-corrected chi connectivity index (χ3v) is 3.82. The van der Waals surface area contributed by atoms with Gasteiger partial charge in [0.15, 0.2) is 0 Å². The van der Waals surface area contributed by atoms with Crippen molar-refractivity contribution in [1.82, 2.24) is 0 Å². The number of nitrogens with two attached hydrogens (primary N) is 2. The number of hydrogen-bond donors (Lipinski definition) is 2. The van der Waals surface area contributed by atoms with Crippen LogP contribution in [-0.4, -0.2) is 0 Å². The Labute approximate surface area is 115 Å². The van der Waals surface area contributed by atoms with Gasteiger partial charge >= 0.3 is 0 Å². The third-order valence-electron chi connectivity index (χ3n) is 3.82. The number of benzene rings is 2. The minimum atomic E-state index is 0.870. The summed E-state index contributed by atoms with van der Waals surface area (Å²) in [6.45, 7) is 6.41. The second-order valence-electron chi connectivity index (χ2n) is 4.93. The molecule has 0 spiro atoms. The highest BCUT2D eigenvalue weighted by Gasteiger charge is 2.09. The van der Waals surface area contributed by atoms with Gasteiger partial charge in [-0.05, 0) is 65.8 Å². The topological polar surface area (TPSA) is 52.0 Å². The molecule has 0 amide bonds. The molecule has 0 atom stereocenters. The number of nitrogen functional groups attached to an aromatic ring is 2. The van der Waals surface area contributed by atoms with Crippen LogP contribution >= 0.6 is 0 Å². The van der Waals surface area contributed by atoms with Crippen LogP contribution in [0.3, 0.4) is 0 Å². The molecule has 0 bridgehead atoms. The second kappa shape index (κ2) is 5.35. The average Bonchev–Trinajstić information content (AvgIpc) is 2.40. The molecule has 2 aromatic rings. The van der Waals surface area contributed by atoms with Crippen molar-refractivity contribution < 1.29 is 0 Å². The predicted molar refractivity (Wildman–Crippen MR) is 84.2 cm³/mol. The van der Waals surface area contributed by atoms with Crippen molar-refractivity contribution in [3.05, 3.63) is 47.0 Å². The first-order valence-corrected chi connectivity index (χ1v) is 6.85. The van der Waals surface area contributed by atoms with Gasteiger partial charge < -0.3 is 11.5 Å². The number of hydrogen-bond acceptors (Lipinski definition) is 2. The van der Waals surface area contributed by atoms with E-state index in [-0.39, 0.29) is 0 Å². The zero-order valence-electron chi connectivity index (χ0n) is 12.0. The minimum Gasteiger partial charge on any atom is -0.399 e. The summed E-state index contributed by atoms with van der Waals surface area (Å²) in [4.78, 5) is 0. The summed E-state index contributed by atoms with van der Waals surface area (Å²) in [5.74, 6) is 0. The largest absolute Gasteiger partial charge is 0.399 e. The first kappa shape index (κ1) is 13.5. The molecule has 0 aliphatic carbocycles. The molecule has 2 rings (SSSR count). The fraction of sp³-hybridized carbons (Fsp3) is 0.294. The average molecular weight is 254 g/mol. The number of anilines is 2. The minimum absolute atomic E-state index is 0.870. The summed E-state index contributed by atoms with van der Waals surface area (Å²) < 4.78 is 0. The lowest BCUT2D eigenvalue weighted by atomic mass is 9.92. The van der Waals surface area contributed by atoms with E-state index in [1.807, 2.05) is 12.1 Å². The Kier molecular flexibility index (Phi) is 3.79. The summed E-state index contributed by atoms with van der Waals surface area (Å²) in [5, 5.41) is 0. The van der Waals surface area contributed by atoms with Crippen LogP contribution in [0.25, 0.3) is 11.1 Å². The lowest BCUT2D eigenvalue weighted by molar-refractivity contribution is 1.11. The Morgan fingerprint density at radius 3 is 2.21 bits per heavy atom. The van der Waals surface area contributed by atoms with Gasteiger partial charge in [0, 0.05) is 11.4 Å². The molecule has 0 saturated heterocycles. The van der Waals surface area contributed by atoms with Crippen molar-refractivity contribution in [2.24, 2.45) is 0 Å². The van der Waals surface area contributed by atoms with E-state index in [0.29, 0.717) is 0 Å². The number of aryl methyl sites for hydroxylation is 1. The van der Waals surface area contributed by atoms with Crippen molar-refractivity contribution in [3.8, 4) is 11.1 Å². The van der Waals surface area contributed by atoms with Crippen LogP contribution in [0.15, 0.2) is 30.3 Å². The molecule has 0 radical (unpaired) electrons. The summed E-state index contributed by atoms with van der Waals surface area (Å²) in [6.07, 6.45) is 1.91. The van der Waals surface area contributed by atoms with E-state index in [0.717, 1.165) is 24.2 Å². The first-order chi connectivity index (χ1) is 9.08. The molecule has 0 heterocycles. The zero-order valence-corrected chi connectivity index (χ0v) is 12.0. The fourth-order valence-electron chi connectivity index (χ4n) is 2.64.